The van der Waals surface area contributed by atoms with Gasteiger partial charge in [0.2, 0.25) is 0 Å². The Kier molecular flexibility index (Phi) is 6.67. The van der Waals surface area contributed by atoms with Crippen molar-refractivity contribution in [2.45, 2.75) is 52.2 Å². The molecule has 0 unspecified atom stereocenters. The van der Waals surface area contributed by atoms with E-state index < -0.39 is 0 Å². The molecule has 1 aliphatic heterocycles. The smallest absolute Gasteiger partial charge is 0.290 e. The molecule has 0 N–H and O–H groups in total. The quantitative estimate of drug-likeness (QED) is 0.649. The highest BCUT2D eigenvalue weighted by molar-refractivity contribution is 6.80. The number of nitrogens with zero attached hydrogens (tertiary/aromatic N) is 3. The monoisotopic (exact) mass is 234 g/mol. The van der Waals surface area contributed by atoms with E-state index >= 15 is 0 Å². The first-order valence-electron chi connectivity index (χ1n) is 7.12. The fraction of sp³-hybridized carbons (Fsp3) is 1.00. The van der Waals surface area contributed by atoms with E-state index in [1.54, 1.807) is 0 Å². The van der Waals surface area contributed by atoms with E-state index in [4.69, 9.17) is 0 Å². The predicted octanol–water partition coefficient (Wildman–Crippen LogP) is 1.91. The van der Waals surface area contributed by atoms with Crippen molar-refractivity contribution >= 4 is 21.5 Å². The van der Waals surface area contributed by atoms with Crippen molar-refractivity contribution in [2.24, 2.45) is 0 Å². The van der Waals surface area contributed by atoms with Crippen LogP contribution in [0.15, 0.2) is 0 Å². The summed E-state index contributed by atoms with van der Waals surface area (Å²) >= 11 is 0. The molecule has 0 saturated carbocycles. The van der Waals surface area contributed by atoms with Crippen LogP contribution in [0.1, 0.15) is 39.5 Å². The Morgan fingerprint density at radius 1 is 0.824 bits per heavy atom. The third kappa shape index (κ3) is 4.04. The maximum absolute atomic E-state index is 2.55. The molecule has 1 heterocycles. The Balaban J connectivity index is 2.58. The van der Waals surface area contributed by atoms with Crippen LogP contribution >= 0.6 is 0 Å². The van der Waals surface area contributed by atoms with E-state index in [0.717, 1.165) is 0 Å². The minimum absolute atomic E-state index is 0.577. The minimum atomic E-state index is 0.577. The molecular weight excluding hydrogens is 207 g/mol. The van der Waals surface area contributed by atoms with Gasteiger partial charge in [-0.3, -0.25) is 0 Å². The Bertz CT molecular complexity index is 198. The molecule has 1 fully saturated rings. The van der Waals surface area contributed by atoms with E-state index in [1.165, 1.54) is 38.3 Å². The SMILES string of the molecule is CCCCB1N(C)[B]N(C)B(CCCC)N1C. The van der Waals surface area contributed by atoms with Gasteiger partial charge in [-0.15, -0.1) is 0 Å². The zero-order valence-corrected chi connectivity index (χ0v) is 12.3. The fourth-order valence-electron chi connectivity index (χ4n) is 2.80. The molecule has 0 atom stereocenters. The second-order valence-corrected chi connectivity index (χ2v) is 5.36. The van der Waals surface area contributed by atoms with E-state index in [9.17, 15) is 0 Å². The third-order valence-electron chi connectivity index (χ3n) is 3.88. The lowest BCUT2D eigenvalue weighted by Gasteiger charge is -2.46. The molecule has 0 amide bonds. The molecule has 0 aromatic heterocycles. The van der Waals surface area contributed by atoms with Crippen LogP contribution in [-0.4, -0.2) is 56.8 Å². The summed E-state index contributed by atoms with van der Waals surface area (Å²) in [5, 5.41) is 0. The van der Waals surface area contributed by atoms with Crippen molar-refractivity contribution in [3.8, 4) is 0 Å². The highest BCUT2D eigenvalue weighted by Crippen LogP contribution is 2.18. The normalized spacial score (nSPS) is 19.8. The van der Waals surface area contributed by atoms with Crippen LogP contribution in [-0.2, 0) is 0 Å². The largest absolute Gasteiger partial charge is 0.364 e. The van der Waals surface area contributed by atoms with E-state index in [-0.39, 0.29) is 0 Å². The van der Waals surface area contributed by atoms with E-state index in [1.807, 2.05) is 0 Å². The van der Waals surface area contributed by atoms with Gasteiger partial charge in [0.05, 0.1) is 0 Å². The molecule has 0 aromatic rings. The summed E-state index contributed by atoms with van der Waals surface area (Å²) in [4.78, 5) is 0. The summed E-state index contributed by atoms with van der Waals surface area (Å²) in [6, 6.07) is 0. The molecular formula is C11H27B3N3. The molecule has 0 spiro atoms. The van der Waals surface area contributed by atoms with Gasteiger partial charge in [-0.2, -0.15) is 0 Å². The first-order chi connectivity index (χ1) is 8.11. The summed E-state index contributed by atoms with van der Waals surface area (Å²) in [6.45, 7) is 5.70. The topological polar surface area (TPSA) is 9.72 Å². The van der Waals surface area contributed by atoms with Gasteiger partial charge in [0.15, 0.2) is 0 Å². The lowest BCUT2D eigenvalue weighted by molar-refractivity contribution is 0.538. The number of hydrogen-bond acceptors (Lipinski definition) is 3. The average Bonchev–Trinajstić information content (AvgIpc) is 2.28. The zero-order chi connectivity index (χ0) is 12.8. The van der Waals surface area contributed by atoms with Crippen LogP contribution in [0.3, 0.4) is 0 Å². The molecule has 1 saturated heterocycles. The molecule has 0 aromatic carbocycles. The Morgan fingerprint density at radius 2 is 1.24 bits per heavy atom. The van der Waals surface area contributed by atoms with Gasteiger partial charge >= 0.3 is 0 Å². The van der Waals surface area contributed by atoms with Gasteiger partial charge in [-0.05, 0) is 33.8 Å². The van der Waals surface area contributed by atoms with Gasteiger partial charge in [0, 0.05) is 0 Å². The molecule has 0 aliphatic carbocycles. The number of rotatable bonds is 6. The van der Waals surface area contributed by atoms with Crippen molar-refractivity contribution < 1.29 is 0 Å². The van der Waals surface area contributed by atoms with Crippen molar-refractivity contribution in [1.29, 1.82) is 0 Å². The maximum Gasteiger partial charge on any atom is 0.290 e. The summed E-state index contributed by atoms with van der Waals surface area (Å²) in [5.74, 6) is 0. The van der Waals surface area contributed by atoms with Crippen molar-refractivity contribution in [3.05, 3.63) is 0 Å². The Hall–Kier alpha value is 0.0748. The molecule has 0 bridgehead atoms. The summed E-state index contributed by atoms with van der Waals surface area (Å²) in [7, 11) is 8.95. The van der Waals surface area contributed by atoms with Gasteiger partial charge < -0.3 is 14.2 Å². The van der Waals surface area contributed by atoms with E-state index in [0.29, 0.717) is 14.0 Å². The second-order valence-electron chi connectivity index (χ2n) is 5.36. The Labute approximate surface area is 109 Å². The number of hydrogen-bond donors (Lipinski definition) is 0. The van der Waals surface area contributed by atoms with Crippen LogP contribution in [0, 0.1) is 0 Å². The van der Waals surface area contributed by atoms with Crippen LogP contribution in [0.2, 0.25) is 12.6 Å². The van der Waals surface area contributed by atoms with Crippen LogP contribution < -0.4 is 0 Å². The fourth-order valence-corrected chi connectivity index (χ4v) is 2.80. The van der Waals surface area contributed by atoms with Crippen molar-refractivity contribution in [3.63, 3.8) is 0 Å². The second kappa shape index (κ2) is 7.50. The summed E-state index contributed by atoms with van der Waals surface area (Å²) in [5.41, 5.74) is 0. The highest BCUT2D eigenvalue weighted by atomic mass is 15.3. The number of unbranched alkanes of at least 4 members (excludes halogenated alkanes) is 2. The van der Waals surface area contributed by atoms with Gasteiger partial charge in [0.1, 0.15) is 0 Å². The molecule has 1 radical (unpaired) electrons. The van der Waals surface area contributed by atoms with Crippen LogP contribution in [0.25, 0.3) is 0 Å². The minimum Gasteiger partial charge on any atom is -0.364 e. The van der Waals surface area contributed by atoms with Crippen molar-refractivity contribution in [1.82, 2.24) is 14.2 Å². The molecule has 17 heavy (non-hydrogen) atoms. The maximum atomic E-state index is 2.55. The molecule has 6 heteroatoms. The summed E-state index contributed by atoms with van der Waals surface area (Å²) in [6.07, 6.45) is 7.75. The summed E-state index contributed by atoms with van der Waals surface area (Å²) < 4.78 is 7.27. The third-order valence-corrected chi connectivity index (χ3v) is 3.88. The Morgan fingerprint density at radius 3 is 1.59 bits per heavy atom. The van der Waals surface area contributed by atoms with Crippen LogP contribution in [0.5, 0.6) is 0 Å². The van der Waals surface area contributed by atoms with E-state index in [2.05, 4.69) is 56.7 Å². The van der Waals surface area contributed by atoms with Crippen LogP contribution in [0.4, 0.5) is 0 Å². The zero-order valence-electron chi connectivity index (χ0n) is 12.3. The molecule has 95 valence electrons. The standard InChI is InChI=1S/C11H27B3N3/c1-6-8-10-13-15(3)12-16(4)14(17(13)5)11-9-7-2/h6-11H2,1-5H3. The lowest BCUT2D eigenvalue weighted by Crippen LogP contribution is -2.69. The van der Waals surface area contributed by atoms with Crippen molar-refractivity contribution in [2.75, 3.05) is 21.1 Å². The van der Waals surface area contributed by atoms with Gasteiger partial charge in [-0.1, -0.05) is 39.5 Å². The molecule has 1 aliphatic rings. The first kappa shape index (κ1) is 15.1. The predicted molar refractivity (Wildman–Crippen MR) is 80.0 cm³/mol. The molecule has 1 rings (SSSR count). The molecule has 3 nitrogen and oxygen atoms in total. The lowest BCUT2D eigenvalue weighted by atomic mass is 9.47. The first-order valence-corrected chi connectivity index (χ1v) is 7.12. The van der Waals surface area contributed by atoms with Gasteiger partial charge in [0.25, 0.3) is 21.5 Å². The van der Waals surface area contributed by atoms with Gasteiger partial charge in [-0.25, -0.2) is 0 Å². The highest BCUT2D eigenvalue weighted by Gasteiger charge is 2.40. The average molecular weight is 234 g/mol.